The van der Waals surface area contributed by atoms with Crippen molar-refractivity contribution in [2.45, 2.75) is 62.0 Å². The van der Waals surface area contributed by atoms with E-state index in [1.165, 1.54) is 0 Å². The highest BCUT2D eigenvalue weighted by Crippen LogP contribution is 2.38. The van der Waals surface area contributed by atoms with E-state index in [1.807, 2.05) is 37.3 Å². The summed E-state index contributed by atoms with van der Waals surface area (Å²) < 4.78 is 28.2. The van der Waals surface area contributed by atoms with Crippen LogP contribution >= 0.6 is 0 Å². The maximum absolute atomic E-state index is 13.2. The zero-order valence-electron chi connectivity index (χ0n) is 16.0. The van der Waals surface area contributed by atoms with E-state index >= 15 is 0 Å². The van der Waals surface area contributed by atoms with Crippen LogP contribution in [0, 0.1) is 6.92 Å². The van der Waals surface area contributed by atoms with Gasteiger partial charge >= 0.3 is 0 Å². The van der Waals surface area contributed by atoms with Crippen molar-refractivity contribution >= 4 is 15.9 Å². The van der Waals surface area contributed by atoms with E-state index in [2.05, 4.69) is 5.32 Å². The van der Waals surface area contributed by atoms with Crippen LogP contribution in [0.1, 0.15) is 48.0 Å². The summed E-state index contributed by atoms with van der Waals surface area (Å²) in [7, 11) is -3.51. The maximum Gasteiger partial charge on any atom is 0.251 e. The van der Waals surface area contributed by atoms with Crippen LogP contribution in [0.2, 0.25) is 0 Å². The summed E-state index contributed by atoms with van der Waals surface area (Å²) in [4.78, 5) is 13.0. The molecular weight excluding hydrogens is 372 g/mol. The molecule has 2 aromatic carbocycles. The van der Waals surface area contributed by atoms with Crippen LogP contribution in [-0.4, -0.2) is 36.8 Å². The van der Waals surface area contributed by atoms with Gasteiger partial charge in [0.1, 0.15) is 0 Å². The number of aryl methyl sites for hydroxylation is 1. The molecule has 6 heteroatoms. The molecule has 2 fully saturated rings. The summed E-state index contributed by atoms with van der Waals surface area (Å²) in [6.45, 7) is 1.97. The summed E-state index contributed by atoms with van der Waals surface area (Å²) >= 11 is 0. The molecule has 0 unspecified atom stereocenters. The Bertz CT molecular complexity index is 945. The normalized spacial score (nSPS) is 25.2. The molecule has 0 saturated carbocycles. The molecule has 2 saturated heterocycles. The second-order valence-corrected chi connectivity index (χ2v) is 9.74. The van der Waals surface area contributed by atoms with Gasteiger partial charge in [0, 0.05) is 23.7 Å². The molecule has 4 rings (SSSR count). The van der Waals surface area contributed by atoms with Crippen LogP contribution in [0.3, 0.4) is 0 Å². The smallest absolute Gasteiger partial charge is 0.251 e. The molecule has 1 amide bonds. The molecule has 0 spiro atoms. The Labute approximate surface area is 166 Å². The lowest BCUT2D eigenvalue weighted by Gasteiger charge is -2.47. The van der Waals surface area contributed by atoms with E-state index in [1.54, 1.807) is 28.6 Å². The number of carbonyl (C=O) groups is 1. The third-order valence-corrected chi connectivity index (χ3v) is 7.86. The Hall–Kier alpha value is -2.18. The summed E-state index contributed by atoms with van der Waals surface area (Å²) in [5.41, 5.74) is 1.71. The number of hydrogen-bond donors (Lipinski definition) is 1. The van der Waals surface area contributed by atoms with Crippen molar-refractivity contribution in [2.24, 2.45) is 0 Å². The van der Waals surface area contributed by atoms with E-state index in [4.69, 9.17) is 0 Å². The van der Waals surface area contributed by atoms with Crippen LogP contribution in [0.4, 0.5) is 0 Å². The molecule has 2 bridgehead atoms. The maximum atomic E-state index is 13.2. The minimum Gasteiger partial charge on any atom is -0.349 e. The number of amides is 1. The van der Waals surface area contributed by atoms with Gasteiger partial charge in [-0.25, -0.2) is 8.42 Å². The number of benzene rings is 2. The first-order chi connectivity index (χ1) is 13.4. The summed E-state index contributed by atoms with van der Waals surface area (Å²) in [5, 5.41) is 3.14. The number of rotatable bonds is 4. The van der Waals surface area contributed by atoms with Gasteiger partial charge in [-0.15, -0.1) is 0 Å². The average molecular weight is 399 g/mol. The van der Waals surface area contributed by atoms with Crippen molar-refractivity contribution in [3.8, 4) is 0 Å². The molecule has 2 aliphatic heterocycles. The molecule has 2 atom stereocenters. The van der Waals surface area contributed by atoms with Gasteiger partial charge in [-0.2, -0.15) is 4.31 Å². The third-order valence-electron chi connectivity index (χ3n) is 5.84. The average Bonchev–Trinajstić information content (AvgIpc) is 2.68. The molecule has 0 aromatic heterocycles. The predicted molar refractivity (Wildman–Crippen MR) is 109 cm³/mol. The summed E-state index contributed by atoms with van der Waals surface area (Å²) in [6, 6.07) is 16.1. The van der Waals surface area contributed by atoms with Gasteiger partial charge < -0.3 is 5.32 Å². The molecule has 5 nitrogen and oxygen atoms in total. The summed E-state index contributed by atoms with van der Waals surface area (Å²) in [6.07, 6.45) is 4.06. The Morgan fingerprint density at radius 3 is 2.32 bits per heavy atom. The Morgan fingerprint density at radius 1 is 1.00 bits per heavy atom. The SMILES string of the molecule is Cc1cccc(C(=O)NC2C[C@@H]3CCC[C@@H](C2)N3S(=O)(=O)c2ccccc2)c1. The highest BCUT2D eigenvalue weighted by molar-refractivity contribution is 7.89. The van der Waals surface area contributed by atoms with E-state index < -0.39 is 10.0 Å². The van der Waals surface area contributed by atoms with Crippen LogP contribution in [-0.2, 0) is 10.0 Å². The second-order valence-electron chi connectivity index (χ2n) is 7.90. The number of sulfonamides is 1. The minimum atomic E-state index is -3.51. The third kappa shape index (κ3) is 3.71. The molecule has 28 heavy (non-hydrogen) atoms. The van der Waals surface area contributed by atoms with Gasteiger partial charge in [0.25, 0.3) is 5.91 Å². The number of hydrogen-bond acceptors (Lipinski definition) is 3. The fourth-order valence-corrected chi connectivity index (χ4v) is 6.53. The van der Waals surface area contributed by atoms with E-state index in [9.17, 15) is 13.2 Å². The molecule has 148 valence electrons. The largest absolute Gasteiger partial charge is 0.349 e. The highest BCUT2D eigenvalue weighted by Gasteiger charge is 2.45. The Morgan fingerprint density at radius 2 is 1.68 bits per heavy atom. The first kappa shape index (κ1) is 19.2. The first-order valence-corrected chi connectivity index (χ1v) is 11.4. The van der Waals surface area contributed by atoms with E-state index in [0.717, 1.165) is 24.8 Å². The van der Waals surface area contributed by atoms with Crippen LogP contribution in [0.5, 0.6) is 0 Å². The standard InChI is InChI=1S/C22H26N2O3S/c1-16-7-5-8-17(13-16)22(25)23-18-14-19-9-6-10-20(15-18)24(19)28(26,27)21-11-3-2-4-12-21/h2-5,7-8,11-13,18-20H,6,9-10,14-15H2,1H3,(H,23,25)/t19-,20-/m0/s1. The fraction of sp³-hybridized carbons (Fsp3) is 0.409. The van der Waals surface area contributed by atoms with Gasteiger partial charge in [-0.05, 0) is 56.9 Å². The van der Waals surface area contributed by atoms with Crippen LogP contribution < -0.4 is 5.32 Å². The number of nitrogens with zero attached hydrogens (tertiary/aromatic N) is 1. The van der Waals surface area contributed by atoms with Gasteiger partial charge in [0.15, 0.2) is 0 Å². The predicted octanol–water partition coefficient (Wildman–Crippen LogP) is 3.50. The lowest BCUT2D eigenvalue weighted by atomic mass is 9.84. The topological polar surface area (TPSA) is 66.5 Å². The number of nitrogens with one attached hydrogen (secondary N) is 1. The Kier molecular flexibility index (Phi) is 5.25. The highest BCUT2D eigenvalue weighted by atomic mass is 32.2. The zero-order chi connectivity index (χ0) is 19.7. The molecule has 0 aliphatic carbocycles. The quantitative estimate of drug-likeness (QED) is 0.857. The lowest BCUT2D eigenvalue weighted by Crippen LogP contribution is -2.58. The molecule has 1 N–H and O–H groups in total. The van der Waals surface area contributed by atoms with E-state index in [-0.39, 0.29) is 24.0 Å². The lowest BCUT2D eigenvalue weighted by molar-refractivity contribution is 0.0796. The molecule has 0 radical (unpaired) electrons. The summed E-state index contributed by atoms with van der Waals surface area (Å²) in [5.74, 6) is -0.0776. The molecule has 2 heterocycles. The molecule has 2 aliphatic rings. The zero-order valence-corrected chi connectivity index (χ0v) is 16.9. The molecular formula is C22H26N2O3S. The second kappa shape index (κ2) is 7.68. The van der Waals surface area contributed by atoms with Gasteiger partial charge in [-0.3, -0.25) is 4.79 Å². The monoisotopic (exact) mass is 398 g/mol. The Balaban J connectivity index is 1.52. The van der Waals surface area contributed by atoms with Crippen LogP contribution in [0.15, 0.2) is 59.5 Å². The fourth-order valence-electron chi connectivity index (χ4n) is 4.62. The number of fused-ring (bicyclic) bond motifs is 2. The minimum absolute atomic E-state index is 0.00513. The van der Waals surface area contributed by atoms with Crippen molar-refractivity contribution in [1.29, 1.82) is 0 Å². The van der Waals surface area contributed by atoms with Crippen molar-refractivity contribution in [2.75, 3.05) is 0 Å². The number of carbonyl (C=O) groups excluding carboxylic acids is 1. The van der Waals surface area contributed by atoms with Crippen molar-refractivity contribution in [3.63, 3.8) is 0 Å². The van der Waals surface area contributed by atoms with Crippen LogP contribution in [0.25, 0.3) is 0 Å². The van der Waals surface area contributed by atoms with Crippen molar-refractivity contribution in [3.05, 3.63) is 65.7 Å². The van der Waals surface area contributed by atoms with Gasteiger partial charge in [-0.1, -0.05) is 42.3 Å². The van der Waals surface area contributed by atoms with Crippen molar-refractivity contribution in [1.82, 2.24) is 9.62 Å². The van der Waals surface area contributed by atoms with Gasteiger partial charge in [0.2, 0.25) is 10.0 Å². The number of piperidine rings is 2. The van der Waals surface area contributed by atoms with E-state index in [0.29, 0.717) is 23.3 Å². The molecule has 2 aromatic rings. The van der Waals surface area contributed by atoms with Crippen molar-refractivity contribution < 1.29 is 13.2 Å². The van der Waals surface area contributed by atoms with Gasteiger partial charge in [0.05, 0.1) is 4.90 Å². The first-order valence-electron chi connectivity index (χ1n) is 9.91.